The Kier molecular flexibility index (Phi) is 6.23. The molecule has 2 aromatic heterocycles. The molecule has 1 atom stereocenters. The zero-order valence-electron chi connectivity index (χ0n) is 19.6. The van der Waals surface area contributed by atoms with E-state index >= 15 is 0 Å². The lowest BCUT2D eigenvalue weighted by Crippen LogP contribution is -2.34. The first-order valence-electron chi connectivity index (χ1n) is 11.3. The van der Waals surface area contributed by atoms with Gasteiger partial charge in [-0.2, -0.15) is 4.72 Å². The normalized spacial score (nSPS) is 15.4. The number of hydrogen-bond donors (Lipinski definition) is 2. The molecule has 1 saturated carbocycles. The summed E-state index contributed by atoms with van der Waals surface area (Å²) in [6, 6.07) is 14.1. The maximum atomic E-state index is 13.3. The summed E-state index contributed by atoms with van der Waals surface area (Å²) in [4.78, 5) is 19.5. The first-order valence-corrected chi connectivity index (χ1v) is 13.6. The molecule has 0 aliphatic heterocycles. The van der Waals surface area contributed by atoms with Crippen LogP contribution in [0, 0.1) is 5.82 Å². The van der Waals surface area contributed by atoms with Crippen molar-refractivity contribution in [1.29, 1.82) is 0 Å². The van der Waals surface area contributed by atoms with Gasteiger partial charge in [0.1, 0.15) is 5.82 Å². The summed E-state index contributed by atoms with van der Waals surface area (Å²) >= 11 is 0.912. The Hall–Kier alpha value is -3.41. The Bertz CT molecular complexity index is 1510. The molecule has 11 heteroatoms. The summed E-state index contributed by atoms with van der Waals surface area (Å²) in [5.74, 6) is -0.589. The van der Waals surface area contributed by atoms with Gasteiger partial charge in [-0.3, -0.25) is 4.79 Å². The van der Waals surface area contributed by atoms with Gasteiger partial charge in [0.15, 0.2) is 9.34 Å². The number of imidazole rings is 1. The summed E-state index contributed by atoms with van der Waals surface area (Å²) in [7, 11) is -3.81. The third-order valence-corrected chi connectivity index (χ3v) is 9.19. The second kappa shape index (κ2) is 9.23. The van der Waals surface area contributed by atoms with Gasteiger partial charge in [-0.1, -0.05) is 47.7 Å². The number of anilines is 1. The van der Waals surface area contributed by atoms with Crippen molar-refractivity contribution in [3.63, 3.8) is 0 Å². The number of nitrogens with one attached hydrogen (secondary N) is 2. The predicted molar refractivity (Wildman–Crippen MR) is 136 cm³/mol. The fraction of sp³-hybridized carbons (Fsp3) is 0.240. The number of halogens is 1. The Morgan fingerprint density at radius 3 is 2.44 bits per heavy atom. The largest absolute Gasteiger partial charge is 0.323 e. The van der Waals surface area contributed by atoms with E-state index in [0.717, 1.165) is 33.7 Å². The molecule has 1 amide bonds. The first-order chi connectivity index (χ1) is 17.2. The van der Waals surface area contributed by atoms with Gasteiger partial charge in [0.25, 0.3) is 10.0 Å². The molecule has 5 rings (SSSR count). The average Bonchev–Trinajstić information content (AvgIpc) is 3.22. The summed E-state index contributed by atoms with van der Waals surface area (Å²) < 4.78 is 44.2. The fourth-order valence-corrected chi connectivity index (χ4v) is 6.70. The number of carbonyl (C=O) groups is 1. The second-order valence-corrected chi connectivity index (χ2v) is 11.8. The van der Waals surface area contributed by atoms with Crippen molar-refractivity contribution in [1.82, 2.24) is 19.3 Å². The van der Waals surface area contributed by atoms with Crippen LogP contribution in [0.3, 0.4) is 0 Å². The van der Waals surface area contributed by atoms with Crippen LogP contribution in [0.5, 0.6) is 0 Å². The lowest BCUT2D eigenvalue weighted by molar-refractivity contribution is -0.114. The monoisotopic (exact) mass is 525 g/mol. The molecule has 1 aliphatic rings. The van der Waals surface area contributed by atoms with E-state index in [1.807, 2.05) is 35.8 Å². The molecule has 0 saturated heterocycles. The van der Waals surface area contributed by atoms with Crippen molar-refractivity contribution < 1.29 is 17.6 Å². The van der Waals surface area contributed by atoms with E-state index in [1.54, 1.807) is 24.7 Å². The molecule has 1 fully saturated rings. The van der Waals surface area contributed by atoms with Crippen molar-refractivity contribution in [2.45, 2.75) is 42.5 Å². The average molecular weight is 526 g/mol. The topological polar surface area (TPSA) is 106 Å². The number of carbonyl (C=O) groups excluding carboxylic acids is 1. The number of benzene rings is 2. The minimum Gasteiger partial charge on any atom is -0.323 e. The van der Waals surface area contributed by atoms with E-state index in [1.165, 1.54) is 25.3 Å². The first kappa shape index (κ1) is 24.3. The number of aromatic nitrogens is 3. The van der Waals surface area contributed by atoms with E-state index in [0.29, 0.717) is 12.8 Å². The highest BCUT2D eigenvalue weighted by Gasteiger charge is 2.48. The van der Waals surface area contributed by atoms with E-state index < -0.39 is 15.6 Å². The maximum absolute atomic E-state index is 13.3. The van der Waals surface area contributed by atoms with Crippen molar-refractivity contribution >= 4 is 32.4 Å². The highest BCUT2D eigenvalue weighted by atomic mass is 32.2. The second-order valence-electron chi connectivity index (χ2n) is 8.84. The molecule has 36 heavy (non-hydrogen) atoms. The third-order valence-electron chi connectivity index (χ3n) is 6.28. The van der Waals surface area contributed by atoms with Gasteiger partial charge in [-0.25, -0.2) is 22.8 Å². The molecule has 186 valence electrons. The lowest BCUT2D eigenvalue weighted by atomic mass is 10.0. The Morgan fingerprint density at radius 1 is 1.11 bits per heavy atom. The molecule has 0 unspecified atom stereocenters. The molecule has 8 nitrogen and oxygen atoms in total. The third kappa shape index (κ3) is 4.81. The van der Waals surface area contributed by atoms with E-state index in [2.05, 4.69) is 20.0 Å². The highest BCUT2D eigenvalue weighted by Crippen LogP contribution is 2.47. The van der Waals surface area contributed by atoms with Gasteiger partial charge in [-0.15, -0.1) is 0 Å². The fourth-order valence-electron chi connectivity index (χ4n) is 4.17. The van der Waals surface area contributed by atoms with Crippen LogP contribution in [0.2, 0.25) is 0 Å². The lowest BCUT2D eigenvalue weighted by Gasteiger charge is -2.19. The summed E-state index contributed by atoms with van der Waals surface area (Å²) in [6.07, 6.45) is 6.14. The summed E-state index contributed by atoms with van der Waals surface area (Å²) in [5.41, 5.74) is 3.00. The predicted octanol–water partition coefficient (Wildman–Crippen LogP) is 4.68. The summed E-state index contributed by atoms with van der Waals surface area (Å²) in [6.45, 7) is 3.37. The zero-order chi connectivity index (χ0) is 25.5. The molecular formula is C25H24FN5O3S2. The van der Waals surface area contributed by atoms with Crippen LogP contribution < -0.4 is 10.0 Å². The van der Waals surface area contributed by atoms with Crippen LogP contribution in [-0.2, 0) is 20.4 Å². The molecule has 0 bridgehead atoms. The van der Waals surface area contributed by atoms with Crippen LogP contribution in [0.25, 0.3) is 11.3 Å². The smallest absolute Gasteiger partial charge is 0.252 e. The van der Waals surface area contributed by atoms with E-state index in [4.69, 9.17) is 0 Å². The Morgan fingerprint density at radius 2 is 1.81 bits per heavy atom. The highest BCUT2D eigenvalue weighted by molar-refractivity contribution is 7.91. The van der Waals surface area contributed by atoms with E-state index in [9.17, 15) is 17.6 Å². The molecule has 2 N–H and O–H groups in total. The Labute approximate surface area is 212 Å². The van der Waals surface area contributed by atoms with Crippen LogP contribution in [0.4, 0.5) is 9.52 Å². The molecule has 1 aliphatic carbocycles. The number of thiazole rings is 1. The molecule has 0 spiro atoms. The van der Waals surface area contributed by atoms with Crippen molar-refractivity contribution in [3.05, 3.63) is 84.2 Å². The van der Waals surface area contributed by atoms with Crippen molar-refractivity contribution in [3.8, 4) is 11.3 Å². The molecular weight excluding hydrogens is 501 g/mol. The Balaban J connectivity index is 1.35. The maximum Gasteiger partial charge on any atom is 0.252 e. The number of sulfonamides is 1. The SMILES string of the molecule is CC(=O)Nc1ncc(S(=O)(=O)NC2(c3ccc(-c4cncn4[C@H](C)c4ccc(F)cc4)cc3)CC2)s1. The van der Waals surface area contributed by atoms with Gasteiger partial charge in [0.05, 0.1) is 36.0 Å². The van der Waals surface area contributed by atoms with Crippen molar-refractivity contribution in [2.75, 3.05) is 5.32 Å². The standard InChI is InChI=1S/C25H24FN5O3S2/c1-16(18-5-9-21(26)10-6-18)31-15-27-13-22(31)19-3-7-20(8-4-19)25(11-12-25)30-36(33,34)23-14-28-24(35-23)29-17(2)32/h3-10,13-16,30H,11-12H2,1-2H3,(H,28,29,32)/t16-/m1/s1. The van der Waals surface area contributed by atoms with Gasteiger partial charge in [0.2, 0.25) is 5.91 Å². The zero-order valence-corrected chi connectivity index (χ0v) is 21.2. The number of hydrogen-bond acceptors (Lipinski definition) is 6. The molecule has 4 aromatic rings. The summed E-state index contributed by atoms with van der Waals surface area (Å²) in [5, 5.41) is 2.74. The van der Waals surface area contributed by atoms with Gasteiger partial charge < -0.3 is 9.88 Å². The quantitative estimate of drug-likeness (QED) is 0.347. The molecule has 2 aromatic carbocycles. The van der Waals surface area contributed by atoms with Crippen molar-refractivity contribution in [2.24, 2.45) is 0 Å². The number of rotatable bonds is 8. The minimum absolute atomic E-state index is 0.0489. The van der Waals surface area contributed by atoms with Crippen LogP contribution >= 0.6 is 11.3 Å². The molecule has 0 radical (unpaired) electrons. The number of nitrogens with zero attached hydrogens (tertiary/aromatic N) is 3. The van der Waals surface area contributed by atoms with Gasteiger partial charge in [-0.05, 0) is 48.6 Å². The van der Waals surface area contributed by atoms with Crippen LogP contribution in [0.15, 0.2) is 71.5 Å². The minimum atomic E-state index is -3.81. The van der Waals surface area contributed by atoms with Crippen LogP contribution in [0.1, 0.15) is 43.9 Å². The van der Waals surface area contributed by atoms with E-state index in [-0.39, 0.29) is 27.1 Å². The van der Waals surface area contributed by atoms with Gasteiger partial charge in [0, 0.05) is 6.92 Å². The van der Waals surface area contributed by atoms with Gasteiger partial charge >= 0.3 is 0 Å². The van der Waals surface area contributed by atoms with Crippen LogP contribution in [-0.4, -0.2) is 28.9 Å². The number of amides is 1. The molecule has 2 heterocycles.